The van der Waals surface area contributed by atoms with E-state index in [1.807, 2.05) is 61.6 Å². The molecule has 0 unspecified atom stereocenters. The highest BCUT2D eigenvalue weighted by molar-refractivity contribution is 7.77. The lowest BCUT2D eigenvalue weighted by Gasteiger charge is -2.18. The first-order chi connectivity index (χ1) is 15.6. The quantitative estimate of drug-likeness (QED) is 0.332. The third-order valence-corrected chi connectivity index (χ3v) is 5.12. The third-order valence-electron chi connectivity index (χ3n) is 5.12. The van der Waals surface area contributed by atoms with Gasteiger partial charge in [-0.2, -0.15) is 0 Å². The summed E-state index contributed by atoms with van der Waals surface area (Å²) in [6.45, 7) is 0.562. The summed E-state index contributed by atoms with van der Waals surface area (Å²) in [5.74, 6) is 0.490. The van der Waals surface area contributed by atoms with Crippen molar-refractivity contribution in [2.75, 3.05) is 12.8 Å². The summed E-state index contributed by atoms with van der Waals surface area (Å²) in [7, 11) is 1.84. The summed E-state index contributed by atoms with van der Waals surface area (Å²) in [5.41, 5.74) is 11.9. The van der Waals surface area contributed by atoms with Crippen molar-refractivity contribution in [2.45, 2.75) is 13.0 Å². The first kappa shape index (κ1) is 23.1. The van der Waals surface area contributed by atoms with Gasteiger partial charge in [-0.3, -0.25) is 9.93 Å². The van der Waals surface area contributed by atoms with Gasteiger partial charge in [0, 0.05) is 13.6 Å². The van der Waals surface area contributed by atoms with Gasteiger partial charge in [-0.05, 0) is 27.8 Å². The van der Waals surface area contributed by atoms with Crippen LogP contribution in [0.4, 0.5) is 5.95 Å². The second-order valence-corrected chi connectivity index (χ2v) is 7.37. The average molecular weight is 446 g/mol. The lowest BCUT2D eigenvalue weighted by atomic mass is 10.0. The van der Waals surface area contributed by atoms with E-state index in [1.165, 1.54) is 5.56 Å². The highest BCUT2D eigenvalue weighted by Gasteiger charge is 2.11. The van der Waals surface area contributed by atoms with Gasteiger partial charge in [-0.1, -0.05) is 78.9 Å². The molecule has 0 aliphatic carbocycles. The summed E-state index contributed by atoms with van der Waals surface area (Å²) in [6.07, 6.45) is 2.10. The van der Waals surface area contributed by atoms with Gasteiger partial charge in [0.2, 0.25) is 5.91 Å². The monoisotopic (exact) mass is 445 g/mol. The zero-order valence-electron chi connectivity index (χ0n) is 17.9. The number of aromatic nitrogens is 2. The molecule has 0 saturated heterocycles. The molecular weight excluding hydrogens is 418 g/mol. The van der Waals surface area contributed by atoms with Crippen molar-refractivity contribution in [3.8, 4) is 22.4 Å². The number of carbonyl (C=O) groups is 1. The van der Waals surface area contributed by atoms with Gasteiger partial charge in [-0.15, -0.1) is 12.8 Å². The molecule has 0 aliphatic heterocycles. The molecule has 0 spiro atoms. The number of benzene rings is 3. The zero-order chi connectivity index (χ0) is 22.9. The molecule has 0 fully saturated rings. The van der Waals surface area contributed by atoms with Crippen LogP contribution in [0, 0.1) is 0 Å². The molecule has 0 atom stereocenters. The number of nitrogen functional groups attached to an aromatic ring is 1. The van der Waals surface area contributed by atoms with Gasteiger partial charge < -0.3 is 15.6 Å². The molecule has 1 amide bonds. The van der Waals surface area contributed by atoms with Crippen LogP contribution in [-0.4, -0.2) is 27.8 Å². The maximum atomic E-state index is 12.7. The predicted molar refractivity (Wildman–Crippen MR) is 134 cm³/mol. The lowest BCUT2D eigenvalue weighted by Crippen LogP contribution is -2.27. The summed E-state index contributed by atoms with van der Waals surface area (Å²) in [6, 6.07) is 26.5. The van der Waals surface area contributed by atoms with Crippen molar-refractivity contribution in [1.82, 2.24) is 14.9 Å². The average Bonchev–Trinajstić information content (AvgIpc) is 3.28. The number of nitrogens with zero attached hydrogens (tertiary/aromatic N) is 2. The van der Waals surface area contributed by atoms with E-state index in [4.69, 9.17) is 5.73 Å². The maximum Gasteiger partial charge on any atom is 0.227 e. The van der Waals surface area contributed by atoms with E-state index in [1.54, 1.807) is 11.1 Å². The van der Waals surface area contributed by atoms with Gasteiger partial charge in [0.05, 0.1) is 18.3 Å². The number of hydrogen-bond donors (Lipinski definition) is 4. The summed E-state index contributed by atoms with van der Waals surface area (Å²) in [4.78, 5) is 21.5. The molecule has 0 bridgehead atoms. The Labute approximate surface area is 193 Å². The highest BCUT2D eigenvalue weighted by atomic mass is 32.1. The van der Waals surface area contributed by atoms with Crippen LogP contribution in [0.15, 0.2) is 85.1 Å². The van der Waals surface area contributed by atoms with Crippen molar-refractivity contribution in [3.63, 3.8) is 0 Å². The van der Waals surface area contributed by atoms with Crippen molar-refractivity contribution >= 4 is 24.7 Å². The minimum atomic E-state index is 0.0906. The molecule has 0 aliphatic rings. The summed E-state index contributed by atoms with van der Waals surface area (Å²) in [5, 5.41) is 4.19. The Bertz CT molecular complexity index is 1130. The number of H-pyrrole nitrogens is 1. The topological polar surface area (TPSA) is 101 Å². The van der Waals surface area contributed by atoms with Crippen LogP contribution in [0.3, 0.4) is 0 Å². The number of anilines is 1. The van der Waals surface area contributed by atoms with Gasteiger partial charge in [0.15, 0.2) is 5.95 Å². The van der Waals surface area contributed by atoms with Crippen LogP contribution in [0.25, 0.3) is 22.4 Å². The summed E-state index contributed by atoms with van der Waals surface area (Å²) < 4.78 is 0. The molecule has 4 rings (SSSR count). The minimum absolute atomic E-state index is 0.0906. The first-order valence-electron chi connectivity index (χ1n) is 10.1. The van der Waals surface area contributed by atoms with Crippen LogP contribution in [0.1, 0.15) is 11.1 Å². The molecule has 164 valence electrons. The SMILES string of the molecule is CN(Cc1ccc(-c2cnc(N)[nH]2)cc1)C(=O)Cc1ccc(-c2ccccc2)cc1.NS. The predicted octanol–water partition coefficient (Wildman–Crippen LogP) is 4.32. The molecule has 7 heteroatoms. The van der Waals surface area contributed by atoms with E-state index in [0.29, 0.717) is 18.9 Å². The molecule has 4 aromatic rings. The Morgan fingerprint density at radius 2 is 1.44 bits per heavy atom. The van der Waals surface area contributed by atoms with Crippen molar-refractivity contribution in [2.24, 2.45) is 5.14 Å². The largest absolute Gasteiger partial charge is 0.369 e. The van der Waals surface area contributed by atoms with E-state index in [2.05, 4.69) is 52.2 Å². The van der Waals surface area contributed by atoms with Gasteiger partial charge >= 0.3 is 0 Å². The fourth-order valence-electron chi connectivity index (χ4n) is 3.39. The van der Waals surface area contributed by atoms with E-state index in [9.17, 15) is 4.79 Å². The fourth-order valence-corrected chi connectivity index (χ4v) is 3.39. The first-order valence-corrected chi connectivity index (χ1v) is 10.6. The Kier molecular flexibility index (Phi) is 8.08. The molecule has 6 nitrogen and oxygen atoms in total. The van der Waals surface area contributed by atoms with E-state index < -0.39 is 0 Å². The van der Waals surface area contributed by atoms with Crippen LogP contribution in [-0.2, 0) is 17.8 Å². The highest BCUT2D eigenvalue weighted by Crippen LogP contribution is 2.21. The number of imidazole rings is 1. The summed E-state index contributed by atoms with van der Waals surface area (Å²) >= 11 is 3.03. The minimum Gasteiger partial charge on any atom is -0.369 e. The number of carbonyl (C=O) groups excluding carboxylic acids is 1. The van der Waals surface area contributed by atoms with Crippen molar-refractivity contribution in [3.05, 3.63) is 96.2 Å². The molecule has 3 aromatic carbocycles. The third kappa shape index (κ3) is 6.00. The number of rotatable bonds is 6. The number of nitrogens with two attached hydrogens (primary N) is 2. The molecule has 32 heavy (non-hydrogen) atoms. The normalized spacial score (nSPS) is 10.2. The van der Waals surface area contributed by atoms with E-state index >= 15 is 0 Å². The number of aromatic amines is 1. The molecule has 5 N–H and O–H groups in total. The number of amides is 1. The van der Waals surface area contributed by atoms with E-state index in [-0.39, 0.29) is 5.91 Å². The van der Waals surface area contributed by atoms with Crippen molar-refractivity contribution < 1.29 is 4.79 Å². The Morgan fingerprint density at radius 1 is 0.875 bits per heavy atom. The van der Waals surface area contributed by atoms with Gasteiger partial charge in [0.25, 0.3) is 0 Å². The molecule has 0 radical (unpaired) electrons. The Hall–Kier alpha value is -3.55. The Morgan fingerprint density at radius 3 is 2.03 bits per heavy atom. The molecule has 1 aromatic heterocycles. The molecular formula is C25H27N5OS. The molecule has 0 saturated carbocycles. The second kappa shape index (κ2) is 11.2. The number of likely N-dealkylation sites (N-methyl/N-ethyl adjacent to an activating group) is 1. The second-order valence-electron chi connectivity index (χ2n) is 7.37. The lowest BCUT2D eigenvalue weighted by molar-refractivity contribution is -0.129. The van der Waals surface area contributed by atoms with Gasteiger partial charge in [0.1, 0.15) is 0 Å². The number of thiol groups is 1. The van der Waals surface area contributed by atoms with Crippen LogP contribution in [0.5, 0.6) is 0 Å². The fraction of sp³-hybridized carbons (Fsp3) is 0.120. The zero-order valence-corrected chi connectivity index (χ0v) is 18.8. The Balaban J connectivity index is 0.00000141. The number of nitrogens with one attached hydrogen (secondary N) is 1. The van der Waals surface area contributed by atoms with E-state index in [0.717, 1.165) is 27.9 Å². The van der Waals surface area contributed by atoms with Gasteiger partial charge in [-0.25, -0.2) is 4.98 Å². The number of hydrogen-bond acceptors (Lipinski definition) is 5. The van der Waals surface area contributed by atoms with Crippen LogP contribution < -0.4 is 10.9 Å². The maximum absolute atomic E-state index is 12.7. The van der Waals surface area contributed by atoms with Crippen LogP contribution in [0.2, 0.25) is 0 Å². The smallest absolute Gasteiger partial charge is 0.227 e. The standard InChI is InChI=1S/C25H24N4O.H3NS/c1-29(17-19-9-13-22(14-10-19)23-16-27-25(26)28-23)24(30)15-18-7-11-21(12-8-18)20-5-3-2-4-6-20;1-2/h2-14,16H,15,17H2,1H3,(H3,26,27,28);2H,1H2. The molecule has 1 heterocycles. The van der Waals surface area contributed by atoms with Crippen molar-refractivity contribution in [1.29, 1.82) is 0 Å². The van der Waals surface area contributed by atoms with Crippen LogP contribution >= 0.6 is 12.8 Å².